The second-order valence-electron chi connectivity index (χ2n) is 7.43. The predicted octanol–water partition coefficient (Wildman–Crippen LogP) is 6.72. The van der Waals surface area contributed by atoms with E-state index in [0.29, 0.717) is 34.6 Å². The van der Waals surface area contributed by atoms with Crippen LogP contribution < -0.4 is 18.9 Å². The molecule has 4 rings (SSSR count). The molecule has 6 nitrogen and oxygen atoms in total. The number of rotatable bonds is 8. The number of hydrogen-bond donors (Lipinski definition) is 0. The molecule has 0 fully saturated rings. The van der Waals surface area contributed by atoms with Crippen LogP contribution in [-0.2, 0) is 6.54 Å². The molecule has 176 valence electrons. The molecule has 0 unspecified atom stereocenters. The van der Waals surface area contributed by atoms with Gasteiger partial charge in [0.05, 0.1) is 45.2 Å². The van der Waals surface area contributed by atoms with Gasteiger partial charge in [0.1, 0.15) is 5.69 Å². The largest absolute Gasteiger partial charge is 0.493 e. The van der Waals surface area contributed by atoms with Crippen LogP contribution in [0.4, 0.5) is 0 Å². The third-order valence-electron chi connectivity index (χ3n) is 5.45. The van der Waals surface area contributed by atoms with Crippen molar-refractivity contribution in [3.8, 4) is 45.5 Å². The molecule has 4 aromatic rings. The van der Waals surface area contributed by atoms with Crippen LogP contribution in [-0.4, -0.2) is 38.2 Å². The topological polar surface area (TPSA) is 54.7 Å². The summed E-state index contributed by atoms with van der Waals surface area (Å²) < 4.78 is 24.7. The summed E-state index contributed by atoms with van der Waals surface area (Å²) in [5, 5.41) is 5.66. The van der Waals surface area contributed by atoms with Gasteiger partial charge in [-0.15, -0.1) is 0 Å². The Labute approximate surface area is 212 Å². The van der Waals surface area contributed by atoms with Crippen molar-refractivity contribution in [2.24, 2.45) is 0 Å². The van der Waals surface area contributed by atoms with Crippen molar-refractivity contribution in [3.05, 3.63) is 75.7 Å². The number of methoxy groups -OCH3 is 4. The van der Waals surface area contributed by atoms with Crippen LogP contribution in [0.2, 0.25) is 5.02 Å². The van der Waals surface area contributed by atoms with E-state index in [1.807, 2.05) is 65.3 Å². The van der Waals surface area contributed by atoms with E-state index in [-0.39, 0.29) is 0 Å². The lowest BCUT2D eigenvalue weighted by Crippen LogP contribution is -2.04. The summed E-state index contributed by atoms with van der Waals surface area (Å²) in [6.07, 6.45) is 0. The first kappa shape index (κ1) is 24.0. The summed E-state index contributed by atoms with van der Waals surface area (Å²) in [5.74, 6) is 2.58. The third kappa shape index (κ3) is 4.72. The van der Waals surface area contributed by atoms with Gasteiger partial charge in [-0.3, -0.25) is 4.68 Å². The van der Waals surface area contributed by atoms with Gasteiger partial charge in [-0.05, 0) is 70.0 Å². The minimum Gasteiger partial charge on any atom is -0.493 e. The van der Waals surface area contributed by atoms with Crippen molar-refractivity contribution < 1.29 is 18.9 Å². The molecule has 0 bridgehead atoms. The third-order valence-corrected chi connectivity index (χ3v) is 6.46. The Bertz CT molecular complexity index is 1310. The summed E-state index contributed by atoms with van der Waals surface area (Å²) in [4.78, 5) is 0. The summed E-state index contributed by atoms with van der Waals surface area (Å²) in [6, 6.07) is 19.3. The molecule has 3 aromatic carbocycles. The van der Waals surface area contributed by atoms with Gasteiger partial charge in [-0.25, -0.2) is 0 Å². The highest BCUT2D eigenvalue weighted by molar-refractivity contribution is 9.10. The van der Waals surface area contributed by atoms with E-state index in [1.165, 1.54) is 0 Å². The smallest absolute Gasteiger partial charge is 0.161 e. The number of benzene rings is 3. The molecule has 0 atom stereocenters. The highest BCUT2D eigenvalue weighted by atomic mass is 79.9. The van der Waals surface area contributed by atoms with E-state index in [0.717, 1.165) is 32.6 Å². The van der Waals surface area contributed by atoms with E-state index in [1.54, 1.807) is 28.4 Å². The maximum Gasteiger partial charge on any atom is 0.161 e. The number of halogens is 2. The fourth-order valence-corrected chi connectivity index (χ4v) is 4.61. The van der Waals surface area contributed by atoms with Gasteiger partial charge >= 0.3 is 0 Å². The lowest BCUT2D eigenvalue weighted by Gasteiger charge is -2.12. The van der Waals surface area contributed by atoms with Crippen LogP contribution in [0.5, 0.6) is 23.0 Å². The van der Waals surface area contributed by atoms with Gasteiger partial charge in [0, 0.05) is 16.1 Å². The van der Waals surface area contributed by atoms with Crippen molar-refractivity contribution in [2.75, 3.05) is 28.4 Å². The highest BCUT2D eigenvalue weighted by Gasteiger charge is 2.21. The van der Waals surface area contributed by atoms with Gasteiger partial charge in [-0.1, -0.05) is 23.7 Å². The van der Waals surface area contributed by atoms with Gasteiger partial charge in [0.15, 0.2) is 23.0 Å². The molecule has 0 N–H and O–H groups in total. The molecule has 0 aliphatic rings. The normalized spacial score (nSPS) is 10.8. The molecule has 8 heteroatoms. The quantitative estimate of drug-likeness (QED) is 0.247. The molecule has 0 aliphatic heterocycles. The minimum atomic E-state index is 0.548. The molecular weight excluding hydrogens is 520 g/mol. The van der Waals surface area contributed by atoms with Gasteiger partial charge in [0.25, 0.3) is 0 Å². The molecule has 1 aromatic heterocycles. The molecule has 0 saturated carbocycles. The van der Waals surface area contributed by atoms with Crippen LogP contribution in [0.25, 0.3) is 22.5 Å². The predicted molar refractivity (Wildman–Crippen MR) is 138 cm³/mol. The Balaban J connectivity index is 1.88. The van der Waals surface area contributed by atoms with Crippen molar-refractivity contribution in [1.29, 1.82) is 0 Å². The lowest BCUT2D eigenvalue weighted by molar-refractivity contribution is 0.355. The monoisotopic (exact) mass is 542 g/mol. The molecule has 0 aliphatic carbocycles. The molecule has 0 amide bonds. The SMILES string of the molecule is COc1ccc(-c2nn(Cc3ccc(Cl)cc3)c(-c3ccc(OC)c(OC)c3)c2Br)cc1OC. The van der Waals surface area contributed by atoms with E-state index in [9.17, 15) is 0 Å². The fourth-order valence-electron chi connectivity index (χ4n) is 3.74. The van der Waals surface area contributed by atoms with Crippen LogP contribution in [0.1, 0.15) is 5.56 Å². The Kier molecular flexibility index (Phi) is 7.34. The first-order valence-electron chi connectivity index (χ1n) is 10.4. The Morgan fingerprint density at radius 2 is 1.26 bits per heavy atom. The zero-order valence-corrected chi connectivity index (χ0v) is 21.6. The van der Waals surface area contributed by atoms with E-state index < -0.39 is 0 Å². The summed E-state index contributed by atoms with van der Waals surface area (Å²) in [7, 11) is 6.47. The molecule has 0 radical (unpaired) electrons. The highest BCUT2D eigenvalue weighted by Crippen LogP contribution is 2.41. The van der Waals surface area contributed by atoms with E-state index in [2.05, 4.69) is 15.9 Å². The fraction of sp³-hybridized carbons (Fsp3) is 0.192. The summed E-state index contributed by atoms with van der Waals surface area (Å²) in [6.45, 7) is 0.548. The zero-order chi connectivity index (χ0) is 24.2. The Morgan fingerprint density at radius 1 is 0.735 bits per heavy atom. The van der Waals surface area contributed by atoms with Crippen molar-refractivity contribution in [1.82, 2.24) is 9.78 Å². The molecule has 1 heterocycles. The minimum absolute atomic E-state index is 0.548. The van der Waals surface area contributed by atoms with Crippen LogP contribution in [0, 0.1) is 0 Å². The first-order chi connectivity index (χ1) is 16.5. The van der Waals surface area contributed by atoms with E-state index >= 15 is 0 Å². The maximum absolute atomic E-state index is 6.09. The van der Waals surface area contributed by atoms with Gasteiger partial charge < -0.3 is 18.9 Å². The summed E-state index contributed by atoms with van der Waals surface area (Å²) in [5.41, 5.74) is 4.57. The average molecular weight is 544 g/mol. The zero-order valence-electron chi connectivity index (χ0n) is 19.3. The molecule has 34 heavy (non-hydrogen) atoms. The molecule has 0 spiro atoms. The number of ether oxygens (including phenoxy) is 4. The van der Waals surface area contributed by atoms with Crippen LogP contribution in [0.3, 0.4) is 0 Å². The van der Waals surface area contributed by atoms with Crippen molar-refractivity contribution >= 4 is 27.5 Å². The van der Waals surface area contributed by atoms with Gasteiger partial charge in [-0.2, -0.15) is 5.10 Å². The Morgan fingerprint density at radius 3 is 1.82 bits per heavy atom. The second kappa shape index (κ2) is 10.4. The first-order valence-corrected chi connectivity index (χ1v) is 11.6. The maximum atomic E-state index is 6.09. The second-order valence-corrected chi connectivity index (χ2v) is 8.66. The number of hydrogen-bond acceptors (Lipinski definition) is 5. The molecular formula is C26H24BrClN2O4. The van der Waals surface area contributed by atoms with Crippen LogP contribution in [0.15, 0.2) is 65.1 Å². The van der Waals surface area contributed by atoms with Crippen LogP contribution >= 0.6 is 27.5 Å². The number of aromatic nitrogens is 2. The number of nitrogens with zero attached hydrogens (tertiary/aromatic N) is 2. The van der Waals surface area contributed by atoms with Crippen molar-refractivity contribution in [3.63, 3.8) is 0 Å². The molecule has 0 saturated heterocycles. The van der Waals surface area contributed by atoms with E-state index in [4.69, 9.17) is 35.6 Å². The summed E-state index contributed by atoms with van der Waals surface area (Å²) >= 11 is 9.90. The van der Waals surface area contributed by atoms with Gasteiger partial charge in [0.2, 0.25) is 0 Å². The standard InChI is InChI=1S/C26H24BrClN2O4/c1-31-20-11-7-17(13-22(20)33-3)25-24(27)26(18-8-12-21(32-2)23(14-18)34-4)30(29-25)15-16-5-9-19(28)10-6-16/h5-14H,15H2,1-4H3. The Hall–Kier alpha value is -3.16. The van der Waals surface area contributed by atoms with Crippen molar-refractivity contribution in [2.45, 2.75) is 6.54 Å². The lowest BCUT2D eigenvalue weighted by atomic mass is 10.1. The average Bonchev–Trinajstić information content (AvgIpc) is 3.19.